The van der Waals surface area contributed by atoms with Crippen molar-refractivity contribution in [2.75, 3.05) is 31.9 Å². The van der Waals surface area contributed by atoms with E-state index in [0.717, 1.165) is 45.0 Å². The monoisotopic (exact) mass is 285 g/mol. The zero-order valence-electron chi connectivity index (χ0n) is 12.6. The largest absolute Gasteiger partial charge is 0.399 e. The molecule has 1 aliphatic rings. The van der Waals surface area contributed by atoms with E-state index in [2.05, 4.69) is 33.2 Å². The van der Waals surface area contributed by atoms with Gasteiger partial charge in [-0.2, -0.15) is 5.10 Å². The third-order valence-corrected chi connectivity index (χ3v) is 3.99. The SMILES string of the molecule is Cn1cc(CN2CCN(Cc3cccc(N)c3)CC2)cn1. The van der Waals surface area contributed by atoms with Crippen LogP contribution in [-0.4, -0.2) is 45.8 Å². The summed E-state index contributed by atoms with van der Waals surface area (Å²) in [6.07, 6.45) is 4.05. The third kappa shape index (κ3) is 3.83. The maximum absolute atomic E-state index is 5.84. The summed E-state index contributed by atoms with van der Waals surface area (Å²) in [4.78, 5) is 4.99. The molecule has 2 N–H and O–H groups in total. The predicted molar refractivity (Wildman–Crippen MR) is 84.6 cm³/mol. The Balaban J connectivity index is 1.48. The third-order valence-electron chi connectivity index (χ3n) is 3.99. The fourth-order valence-electron chi connectivity index (χ4n) is 2.87. The van der Waals surface area contributed by atoms with Crippen LogP contribution in [0.1, 0.15) is 11.1 Å². The molecule has 2 heterocycles. The predicted octanol–water partition coefficient (Wildman–Crippen LogP) is 1.32. The lowest BCUT2D eigenvalue weighted by atomic mass is 10.1. The van der Waals surface area contributed by atoms with Crippen LogP contribution >= 0.6 is 0 Å². The van der Waals surface area contributed by atoms with E-state index in [0.29, 0.717) is 0 Å². The van der Waals surface area contributed by atoms with Crippen molar-refractivity contribution in [1.82, 2.24) is 19.6 Å². The van der Waals surface area contributed by atoms with Crippen molar-refractivity contribution in [2.45, 2.75) is 13.1 Å². The second-order valence-electron chi connectivity index (χ2n) is 5.82. The summed E-state index contributed by atoms with van der Waals surface area (Å²) in [6.45, 7) is 6.42. The Morgan fingerprint density at radius 2 is 1.71 bits per heavy atom. The van der Waals surface area contributed by atoms with Gasteiger partial charge in [-0.05, 0) is 17.7 Å². The summed E-state index contributed by atoms with van der Waals surface area (Å²) in [5.74, 6) is 0. The second kappa shape index (κ2) is 6.28. The van der Waals surface area contributed by atoms with E-state index in [4.69, 9.17) is 5.73 Å². The van der Waals surface area contributed by atoms with Gasteiger partial charge in [-0.1, -0.05) is 12.1 Å². The van der Waals surface area contributed by atoms with Crippen molar-refractivity contribution < 1.29 is 0 Å². The zero-order chi connectivity index (χ0) is 14.7. The molecule has 1 aromatic carbocycles. The molecule has 1 aliphatic heterocycles. The van der Waals surface area contributed by atoms with Crippen molar-refractivity contribution in [3.63, 3.8) is 0 Å². The van der Waals surface area contributed by atoms with Gasteiger partial charge in [0.05, 0.1) is 6.20 Å². The summed E-state index contributed by atoms with van der Waals surface area (Å²) in [7, 11) is 1.97. The molecular weight excluding hydrogens is 262 g/mol. The van der Waals surface area contributed by atoms with Crippen LogP contribution in [0.5, 0.6) is 0 Å². The maximum Gasteiger partial charge on any atom is 0.0534 e. The summed E-state index contributed by atoms with van der Waals surface area (Å²) in [5, 5.41) is 4.23. The lowest BCUT2D eigenvalue weighted by Crippen LogP contribution is -2.45. The number of piperazine rings is 1. The van der Waals surface area contributed by atoms with Crippen LogP contribution < -0.4 is 5.73 Å². The quantitative estimate of drug-likeness (QED) is 0.861. The van der Waals surface area contributed by atoms with Gasteiger partial charge in [-0.25, -0.2) is 0 Å². The number of aromatic nitrogens is 2. The van der Waals surface area contributed by atoms with Gasteiger partial charge >= 0.3 is 0 Å². The number of nitrogens with zero attached hydrogens (tertiary/aromatic N) is 4. The number of anilines is 1. The number of rotatable bonds is 4. The molecule has 1 fully saturated rings. The number of benzene rings is 1. The van der Waals surface area contributed by atoms with Crippen LogP contribution in [0.25, 0.3) is 0 Å². The topological polar surface area (TPSA) is 50.3 Å². The highest BCUT2D eigenvalue weighted by molar-refractivity contribution is 5.40. The van der Waals surface area contributed by atoms with Gasteiger partial charge in [-0.15, -0.1) is 0 Å². The molecule has 5 nitrogen and oxygen atoms in total. The van der Waals surface area contributed by atoms with Gasteiger partial charge in [0.1, 0.15) is 0 Å². The molecule has 0 amide bonds. The molecular formula is C16H23N5. The number of aryl methyl sites for hydroxylation is 1. The highest BCUT2D eigenvalue weighted by Gasteiger charge is 2.17. The molecule has 1 saturated heterocycles. The normalized spacial score (nSPS) is 17.2. The minimum absolute atomic E-state index is 0.850. The number of nitrogens with two attached hydrogens (primary N) is 1. The van der Waals surface area contributed by atoms with Gasteiger partial charge in [0.25, 0.3) is 0 Å². The van der Waals surface area contributed by atoms with Crippen molar-refractivity contribution in [3.05, 3.63) is 47.8 Å². The lowest BCUT2D eigenvalue weighted by Gasteiger charge is -2.34. The first-order chi connectivity index (χ1) is 10.2. The Kier molecular flexibility index (Phi) is 4.22. The minimum Gasteiger partial charge on any atom is -0.399 e. The highest BCUT2D eigenvalue weighted by atomic mass is 15.3. The van der Waals surface area contributed by atoms with Gasteiger partial charge in [0, 0.05) is 63.8 Å². The first-order valence-corrected chi connectivity index (χ1v) is 7.46. The molecule has 5 heteroatoms. The van der Waals surface area contributed by atoms with Crippen molar-refractivity contribution in [2.24, 2.45) is 7.05 Å². The van der Waals surface area contributed by atoms with Crippen LogP contribution in [-0.2, 0) is 20.1 Å². The highest BCUT2D eigenvalue weighted by Crippen LogP contribution is 2.13. The van der Waals surface area contributed by atoms with Crippen molar-refractivity contribution in [1.29, 1.82) is 0 Å². The van der Waals surface area contributed by atoms with E-state index in [1.54, 1.807) is 0 Å². The Labute approximate surface area is 126 Å². The summed E-state index contributed by atoms with van der Waals surface area (Å²) >= 11 is 0. The van der Waals surface area contributed by atoms with E-state index < -0.39 is 0 Å². The van der Waals surface area contributed by atoms with Gasteiger partial charge in [-0.3, -0.25) is 14.5 Å². The average molecular weight is 285 g/mol. The molecule has 0 radical (unpaired) electrons. The molecule has 3 rings (SSSR count). The van der Waals surface area contributed by atoms with E-state index in [1.165, 1.54) is 11.1 Å². The standard InChI is InChI=1S/C16H23N5/c1-19-11-15(10-18-19)13-21-7-5-20(6-8-21)12-14-3-2-4-16(17)9-14/h2-4,9-11H,5-8,12-13,17H2,1H3. The molecule has 2 aromatic rings. The molecule has 1 aromatic heterocycles. The van der Waals surface area contributed by atoms with Crippen LogP contribution in [0, 0.1) is 0 Å². The molecule has 0 aliphatic carbocycles. The van der Waals surface area contributed by atoms with E-state index in [-0.39, 0.29) is 0 Å². The molecule has 112 valence electrons. The van der Waals surface area contributed by atoms with Gasteiger partial charge in [0.15, 0.2) is 0 Å². The van der Waals surface area contributed by atoms with Gasteiger partial charge < -0.3 is 5.73 Å². The van der Waals surface area contributed by atoms with Crippen LogP contribution in [0.15, 0.2) is 36.7 Å². The maximum atomic E-state index is 5.84. The van der Waals surface area contributed by atoms with E-state index >= 15 is 0 Å². The van der Waals surface area contributed by atoms with Gasteiger partial charge in [0.2, 0.25) is 0 Å². The van der Waals surface area contributed by atoms with E-state index in [9.17, 15) is 0 Å². The Hall–Kier alpha value is -1.85. The minimum atomic E-state index is 0.850. The molecule has 0 bridgehead atoms. The van der Waals surface area contributed by atoms with Crippen LogP contribution in [0.3, 0.4) is 0 Å². The van der Waals surface area contributed by atoms with Crippen molar-refractivity contribution >= 4 is 5.69 Å². The number of hydrogen-bond donors (Lipinski definition) is 1. The molecule has 21 heavy (non-hydrogen) atoms. The second-order valence-corrected chi connectivity index (χ2v) is 5.82. The smallest absolute Gasteiger partial charge is 0.0534 e. The fraction of sp³-hybridized carbons (Fsp3) is 0.438. The van der Waals surface area contributed by atoms with E-state index in [1.807, 2.05) is 30.1 Å². The summed E-state index contributed by atoms with van der Waals surface area (Å²) in [5.41, 5.74) is 9.28. The number of hydrogen-bond acceptors (Lipinski definition) is 4. The Morgan fingerprint density at radius 3 is 2.29 bits per heavy atom. The zero-order valence-corrected chi connectivity index (χ0v) is 12.6. The first kappa shape index (κ1) is 14.1. The fourth-order valence-corrected chi connectivity index (χ4v) is 2.87. The molecule has 0 atom stereocenters. The molecule has 0 spiro atoms. The number of nitrogen functional groups attached to an aromatic ring is 1. The lowest BCUT2D eigenvalue weighted by molar-refractivity contribution is 0.122. The Morgan fingerprint density at radius 1 is 1.05 bits per heavy atom. The average Bonchev–Trinajstić information content (AvgIpc) is 2.86. The Bertz CT molecular complexity index is 584. The first-order valence-electron chi connectivity index (χ1n) is 7.46. The van der Waals surface area contributed by atoms with Crippen LogP contribution in [0.4, 0.5) is 5.69 Å². The molecule has 0 saturated carbocycles. The summed E-state index contributed by atoms with van der Waals surface area (Å²) < 4.78 is 1.87. The van der Waals surface area contributed by atoms with Crippen molar-refractivity contribution in [3.8, 4) is 0 Å². The summed E-state index contributed by atoms with van der Waals surface area (Å²) in [6, 6.07) is 8.19. The molecule has 0 unspecified atom stereocenters. The van der Waals surface area contributed by atoms with Crippen LogP contribution in [0.2, 0.25) is 0 Å².